The Bertz CT molecular complexity index is 2160. The van der Waals surface area contributed by atoms with Crippen LogP contribution in [0.5, 0.6) is 0 Å². The molecule has 0 atom stereocenters. The van der Waals surface area contributed by atoms with Gasteiger partial charge in [-0.15, -0.1) is 0 Å². The first-order chi connectivity index (χ1) is 30.3. The van der Waals surface area contributed by atoms with E-state index in [1.54, 1.807) is 0 Å². The number of fused-ring (bicyclic) bond motifs is 2. The van der Waals surface area contributed by atoms with Gasteiger partial charge in [-0.3, -0.25) is 38.6 Å². The van der Waals surface area contributed by atoms with E-state index in [1.165, 1.54) is 9.80 Å². The number of unbranched alkanes of at least 4 members (excludes halogenated alkanes) is 16. The molecule has 62 heavy (non-hydrogen) atoms. The molecule has 0 N–H and O–H groups in total. The first-order valence-electron chi connectivity index (χ1n) is 23.5. The molecule has 0 spiro atoms. The third-order valence-electron chi connectivity index (χ3n) is 12.9. The van der Waals surface area contributed by atoms with Gasteiger partial charge in [-0.05, 0) is 96.1 Å². The highest BCUT2D eigenvalue weighted by atomic mass is 16.5. The van der Waals surface area contributed by atoms with E-state index in [0.29, 0.717) is 72.2 Å². The third-order valence-corrected chi connectivity index (χ3v) is 12.9. The maximum absolute atomic E-state index is 14.0. The number of hydrogen-bond acceptors (Lipinski definition) is 8. The second-order valence-corrected chi connectivity index (χ2v) is 17.1. The van der Waals surface area contributed by atoms with Crippen molar-refractivity contribution in [3.8, 4) is 0 Å². The molecule has 0 fully saturated rings. The first-order valence-corrected chi connectivity index (χ1v) is 23.5. The van der Waals surface area contributed by atoms with Crippen molar-refractivity contribution in [3.05, 3.63) is 70.8 Å². The van der Waals surface area contributed by atoms with Crippen LogP contribution < -0.4 is 0 Å². The zero-order valence-electron chi connectivity index (χ0n) is 36.7. The van der Waals surface area contributed by atoms with Crippen LogP contribution in [0.3, 0.4) is 0 Å². The largest absolute Gasteiger partial charge is 0.466 e. The molecule has 0 saturated carbocycles. The predicted molar refractivity (Wildman–Crippen MR) is 244 cm³/mol. The lowest BCUT2D eigenvalue weighted by Crippen LogP contribution is -2.41. The minimum absolute atomic E-state index is 0.113. The number of amides is 4. The summed E-state index contributed by atoms with van der Waals surface area (Å²) in [5.41, 5.74) is 2.11. The van der Waals surface area contributed by atoms with Crippen LogP contribution in [0.2, 0.25) is 0 Å². The van der Waals surface area contributed by atoms with E-state index in [4.69, 9.17) is 9.47 Å². The fourth-order valence-electron chi connectivity index (χ4n) is 9.79. The van der Waals surface area contributed by atoms with Crippen LogP contribution in [0.25, 0.3) is 43.1 Å². The summed E-state index contributed by atoms with van der Waals surface area (Å²) in [7, 11) is 0. The van der Waals surface area contributed by atoms with E-state index >= 15 is 0 Å². The van der Waals surface area contributed by atoms with E-state index < -0.39 is 0 Å². The Kier molecular flexibility index (Phi) is 15.2. The van der Waals surface area contributed by atoms with Gasteiger partial charge in [-0.25, -0.2) is 0 Å². The van der Waals surface area contributed by atoms with Crippen molar-refractivity contribution in [2.45, 2.75) is 142 Å². The number of imide groups is 2. The molecule has 5 aromatic carbocycles. The molecular formula is C52H62N2O8. The number of ether oxygens (including phenoxy) is 2. The van der Waals surface area contributed by atoms with E-state index in [1.807, 2.05) is 62.4 Å². The predicted octanol–water partition coefficient (Wildman–Crippen LogP) is 11.9. The summed E-state index contributed by atoms with van der Waals surface area (Å²) in [5.74, 6) is -1.28. The lowest BCUT2D eigenvalue weighted by atomic mass is 9.82. The second kappa shape index (κ2) is 21.1. The van der Waals surface area contributed by atoms with Crippen LogP contribution in [-0.4, -0.2) is 71.7 Å². The van der Waals surface area contributed by atoms with Gasteiger partial charge in [0, 0.05) is 59.0 Å². The quantitative estimate of drug-likeness (QED) is 0.0177. The minimum atomic E-state index is -0.263. The molecule has 328 valence electrons. The van der Waals surface area contributed by atoms with Gasteiger partial charge < -0.3 is 9.47 Å². The average molecular weight is 843 g/mol. The number of rotatable bonds is 26. The first kappa shape index (κ1) is 44.7. The molecule has 0 aliphatic carbocycles. The number of nitrogens with zero attached hydrogens (tertiary/aromatic N) is 2. The summed E-state index contributed by atoms with van der Waals surface area (Å²) in [4.78, 5) is 81.8. The summed E-state index contributed by atoms with van der Waals surface area (Å²) in [6.07, 6.45) is 19.3. The molecule has 0 unspecified atom stereocenters. The molecule has 0 radical (unpaired) electrons. The van der Waals surface area contributed by atoms with Crippen molar-refractivity contribution in [3.63, 3.8) is 0 Å². The van der Waals surface area contributed by atoms with Crippen LogP contribution in [0.15, 0.2) is 48.5 Å². The van der Waals surface area contributed by atoms with Gasteiger partial charge in [-0.1, -0.05) is 114 Å². The van der Waals surface area contributed by atoms with Gasteiger partial charge in [0.1, 0.15) is 0 Å². The molecule has 2 heterocycles. The molecule has 7 rings (SSSR count). The topological polar surface area (TPSA) is 127 Å². The molecule has 5 aromatic rings. The standard InChI is InChI=1S/C52H62N2O8/c1-3-61-43(55)23-19-15-11-7-5-9-13-17-21-33-53-49(57)39-29-25-35-37-27-31-41-48-42(32-28-38(46(37)48)36-26-30-40(50(53)58)47(39)45(35)36)52(60)54(51(41)59)34-22-18-14-10-6-8-12-16-20-24-44(56)62-4-2/h25-32H,3-24,33-34H2,1-2H3. The number of benzene rings is 5. The third kappa shape index (κ3) is 9.49. The average Bonchev–Trinajstić information content (AvgIpc) is 3.27. The van der Waals surface area contributed by atoms with Gasteiger partial charge in [0.2, 0.25) is 0 Å². The Labute approximate surface area is 365 Å². The SMILES string of the molecule is CCOC(=O)CCCCCCCCCCCN1C(=O)c2ccc3c4ccc5c6c(ccc(c7ccc(c2c37)C1=O)c64)C(=O)N(CCCCCCCCCCCC(=O)OCC)C5=O. The Morgan fingerprint density at radius 1 is 0.371 bits per heavy atom. The number of carbonyl (C=O) groups excluding carboxylic acids is 6. The van der Waals surface area contributed by atoms with Crippen LogP contribution >= 0.6 is 0 Å². The van der Waals surface area contributed by atoms with Crippen LogP contribution in [0, 0.1) is 0 Å². The summed E-state index contributed by atoms with van der Waals surface area (Å²) in [6, 6.07) is 15.2. The van der Waals surface area contributed by atoms with Crippen molar-refractivity contribution >= 4 is 78.7 Å². The summed E-state index contributed by atoms with van der Waals surface area (Å²) >= 11 is 0. The molecular weight excluding hydrogens is 781 g/mol. The second-order valence-electron chi connectivity index (χ2n) is 17.1. The lowest BCUT2D eigenvalue weighted by molar-refractivity contribution is -0.144. The minimum Gasteiger partial charge on any atom is -0.466 e. The monoisotopic (exact) mass is 842 g/mol. The Hall–Kier alpha value is -5.38. The van der Waals surface area contributed by atoms with E-state index in [-0.39, 0.29) is 35.6 Å². The van der Waals surface area contributed by atoms with Crippen LogP contribution in [0.4, 0.5) is 0 Å². The highest BCUT2D eigenvalue weighted by Crippen LogP contribution is 2.46. The molecule has 10 heteroatoms. The van der Waals surface area contributed by atoms with E-state index in [9.17, 15) is 28.8 Å². The lowest BCUT2D eigenvalue weighted by Gasteiger charge is -2.30. The smallest absolute Gasteiger partial charge is 0.305 e. The fourth-order valence-corrected chi connectivity index (χ4v) is 9.79. The van der Waals surface area contributed by atoms with Gasteiger partial charge in [0.05, 0.1) is 13.2 Å². The van der Waals surface area contributed by atoms with Crippen molar-refractivity contribution in [1.82, 2.24) is 9.80 Å². The Balaban J connectivity index is 0.958. The van der Waals surface area contributed by atoms with Gasteiger partial charge in [-0.2, -0.15) is 0 Å². The van der Waals surface area contributed by atoms with Crippen LogP contribution in [0.1, 0.15) is 184 Å². The number of hydrogen-bond donors (Lipinski definition) is 0. The zero-order chi connectivity index (χ0) is 43.6. The van der Waals surface area contributed by atoms with Crippen molar-refractivity contribution in [2.75, 3.05) is 26.3 Å². The van der Waals surface area contributed by atoms with Crippen molar-refractivity contribution in [1.29, 1.82) is 0 Å². The molecule has 4 amide bonds. The normalized spacial score (nSPS) is 13.8. The van der Waals surface area contributed by atoms with Gasteiger partial charge in [0.25, 0.3) is 23.6 Å². The Morgan fingerprint density at radius 3 is 0.903 bits per heavy atom. The summed E-state index contributed by atoms with van der Waals surface area (Å²) in [6.45, 7) is 5.28. The van der Waals surface area contributed by atoms with E-state index in [2.05, 4.69) is 0 Å². The molecule has 0 aromatic heterocycles. The van der Waals surface area contributed by atoms with Crippen molar-refractivity contribution < 1.29 is 38.2 Å². The molecule has 0 bridgehead atoms. The van der Waals surface area contributed by atoms with Gasteiger partial charge >= 0.3 is 11.9 Å². The molecule has 2 aliphatic rings. The van der Waals surface area contributed by atoms with Crippen LogP contribution in [-0.2, 0) is 19.1 Å². The molecule has 2 aliphatic heterocycles. The Morgan fingerprint density at radius 2 is 0.629 bits per heavy atom. The van der Waals surface area contributed by atoms with E-state index in [0.717, 1.165) is 148 Å². The highest BCUT2D eigenvalue weighted by molar-refractivity contribution is 6.41. The maximum atomic E-state index is 14.0. The molecule has 0 saturated heterocycles. The summed E-state index contributed by atoms with van der Waals surface area (Å²) in [5, 5.41) is 6.65. The molecule has 10 nitrogen and oxygen atoms in total. The zero-order valence-corrected chi connectivity index (χ0v) is 36.7. The fraction of sp³-hybridized carbons (Fsp3) is 0.500. The number of carbonyl (C=O) groups is 6. The maximum Gasteiger partial charge on any atom is 0.305 e. The van der Waals surface area contributed by atoms with Gasteiger partial charge in [0.15, 0.2) is 0 Å². The van der Waals surface area contributed by atoms with Crippen molar-refractivity contribution in [2.24, 2.45) is 0 Å². The highest BCUT2D eigenvalue weighted by Gasteiger charge is 2.36. The number of esters is 2. The summed E-state index contributed by atoms with van der Waals surface area (Å²) < 4.78 is 9.98.